The Morgan fingerprint density at radius 3 is 2.25 bits per heavy atom. The molecule has 0 radical (unpaired) electrons. The first-order chi connectivity index (χ1) is 11.5. The molecule has 1 atom stereocenters. The van der Waals surface area contributed by atoms with Crippen molar-refractivity contribution in [2.24, 2.45) is 0 Å². The first kappa shape index (κ1) is 13.9. The molecule has 2 amide bonds. The minimum atomic E-state index is -0.627. The molecule has 5 nitrogen and oxygen atoms in total. The molecule has 1 aromatic rings. The fourth-order valence-electron chi connectivity index (χ4n) is 4.21. The molecule has 0 saturated heterocycles. The van der Waals surface area contributed by atoms with Crippen molar-refractivity contribution < 1.29 is 18.8 Å². The van der Waals surface area contributed by atoms with Gasteiger partial charge >= 0.3 is 0 Å². The van der Waals surface area contributed by atoms with E-state index in [-0.39, 0.29) is 11.5 Å². The lowest BCUT2D eigenvalue weighted by Crippen LogP contribution is -2.32. The van der Waals surface area contributed by atoms with Crippen LogP contribution >= 0.6 is 0 Å². The number of rotatable bonds is 1. The summed E-state index contributed by atoms with van der Waals surface area (Å²) in [7, 11) is 0. The number of nitrogens with one attached hydrogen (secondary N) is 1. The standard InChI is InChI=1S/C18H15FN2O3/c19-12-5-11-13(20-8-18(11)7-15(18)22)6-14(12)21-16(23)9-3-1-2-4-10(9)17(21)24/h5-6,20H,1-4,7-8H2. The van der Waals surface area contributed by atoms with Crippen LogP contribution in [0.1, 0.15) is 37.7 Å². The summed E-state index contributed by atoms with van der Waals surface area (Å²) in [6.07, 6.45) is 3.34. The van der Waals surface area contributed by atoms with Crippen LogP contribution < -0.4 is 10.2 Å². The van der Waals surface area contributed by atoms with Crippen LogP contribution in [0.2, 0.25) is 0 Å². The summed E-state index contributed by atoms with van der Waals surface area (Å²) in [6, 6.07) is 2.81. The lowest BCUT2D eigenvalue weighted by atomic mass is 9.93. The number of halogens is 1. The maximum Gasteiger partial charge on any atom is 0.261 e. The number of ketones is 1. The molecule has 2 aliphatic carbocycles. The molecule has 4 aliphatic rings. The topological polar surface area (TPSA) is 66.5 Å². The number of hydrogen-bond donors (Lipinski definition) is 1. The average Bonchev–Trinajstić information content (AvgIpc) is 3.00. The highest BCUT2D eigenvalue weighted by molar-refractivity contribution is 6.33. The van der Waals surface area contributed by atoms with E-state index in [4.69, 9.17) is 0 Å². The molecule has 5 rings (SSSR count). The molecule has 0 bridgehead atoms. The molecule has 24 heavy (non-hydrogen) atoms. The smallest absolute Gasteiger partial charge is 0.261 e. The van der Waals surface area contributed by atoms with Crippen LogP contribution in [-0.4, -0.2) is 24.1 Å². The van der Waals surface area contributed by atoms with Crippen LogP contribution in [0, 0.1) is 5.82 Å². The Morgan fingerprint density at radius 1 is 1.04 bits per heavy atom. The first-order valence-electron chi connectivity index (χ1n) is 8.25. The summed E-state index contributed by atoms with van der Waals surface area (Å²) in [5.74, 6) is -1.32. The van der Waals surface area contributed by atoms with E-state index in [1.807, 2.05) is 0 Å². The van der Waals surface area contributed by atoms with Crippen LogP contribution in [-0.2, 0) is 19.8 Å². The monoisotopic (exact) mass is 326 g/mol. The molecular weight excluding hydrogens is 311 g/mol. The van der Waals surface area contributed by atoms with Crippen molar-refractivity contribution in [2.45, 2.75) is 37.5 Å². The SMILES string of the molecule is O=C1C2=C(CCCC2)C(=O)N1c1cc2c(cc1F)C1(CN2)CC1=O. The van der Waals surface area contributed by atoms with E-state index in [1.54, 1.807) is 0 Å². The molecule has 1 N–H and O–H groups in total. The van der Waals surface area contributed by atoms with E-state index < -0.39 is 23.0 Å². The Hall–Kier alpha value is -2.50. The van der Waals surface area contributed by atoms with Crippen molar-refractivity contribution in [3.05, 3.63) is 34.7 Å². The molecule has 1 saturated carbocycles. The van der Waals surface area contributed by atoms with Crippen molar-refractivity contribution in [3.63, 3.8) is 0 Å². The summed E-state index contributed by atoms with van der Waals surface area (Å²) in [4.78, 5) is 37.9. The summed E-state index contributed by atoms with van der Waals surface area (Å²) in [5.41, 5.74) is 1.75. The Bertz CT molecular complexity index is 860. The number of fused-ring (bicyclic) bond motifs is 2. The zero-order valence-corrected chi connectivity index (χ0v) is 12.9. The fraction of sp³-hybridized carbons (Fsp3) is 0.389. The number of amides is 2. The molecule has 1 aromatic carbocycles. The van der Waals surface area contributed by atoms with E-state index in [0.29, 0.717) is 48.2 Å². The number of benzene rings is 1. The Balaban J connectivity index is 1.58. The molecule has 6 heteroatoms. The van der Waals surface area contributed by atoms with Crippen molar-refractivity contribution >= 4 is 29.0 Å². The predicted octanol–water partition coefficient (Wildman–Crippen LogP) is 2.21. The van der Waals surface area contributed by atoms with Crippen LogP contribution in [0.3, 0.4) is 0 Å². The molecule has 1 fully saturated rings. The van der Waals surface area contributed by atoms with Gasteiger partial charge in [-0.2, -0.15) is 0 Å². The normalized spacial score (nSPS) is 27.7. The molecule has 122 valence electrons. The van der Waals surface area contributed by atoms with Gasteiger partial charge in [-0.05, 0) is 43.4 Å². The van der Waals surface area contributed by atoms with Crippen molar-refractivity contribution in [3.8, 4) is 0 Å². The van der Waals surface area contributed by atoms with Gasteiger partial charge in [-0.3, -0.25) is 14.4 Å². The molecule has 1 spiro atoms. The van der Waals surface area contributed by atoms with Crippen molar-refractivity contribution in [2.75, 3.05) is 16.8 Å². The summed E-state index contributed by atoms with van der Waals surface area (Å²) >= 11 is 0. The number of hydrogen-bond acceptors (Lipinski definition) is 4. The van der Waals surface area contributed by atoms with Gasteiger partial charge in [-0.15, -0.1) is 0 Å². The number of imide groups is 1. The Morgan fingerprint density at radius 2 is 1.67 bits per heavy atom. The van der Waals surface area contributed by atoms with Gasteiger partial charge in [0.2, 0.25) is 0 Å². The van der Waals surface area contributed by atoms with Gasteiger partial charge in [0.05, 0.1) is 11.1 Å². The minimum Gasteiger partial charge on any atom is -0.383 e. The first-order valence-corrected chi connectivity index (χ1v) is 8.25. The van der Waals surface area contributed by atoms with E-state index >= 15 is 0 Å². The number of carbonyl (C=O) groups excluding carboxylic acids is 3. The third-order valence-electron chi connectivity index (χ3n) is 5.69. The van der Waals surface area contributed by atoms with Gasteiger partial charge in [-0.25, -0.2) is 9.29 Å². The van der Waals surface area contributed by atoms with E-state index in [2.05, 4.69) is 5.32 Å². The van der Waals surface area contributed by atoms with Gasteiger partial charge in [-0.1, -0.05) is 0 Å². The minimum absolute atomic E-state index is 0.0178. The number of carbonyl (C=O) groups is 3. The van der Waals surface area contributed by atoms with E-state index in [0.717, 1.165) is 17.7 Å². The fourth-order valence-corrected chi connectivity index (χ4v) is 4.21. The van der Waals surface area contributed by atoms with Crippen LogP contribution in [0.15, 0.2) is 23.3 Å². The maximum atomic E-state index is 14.7. The number of Topliss-reactive ketones (excluding diaryl/α,β-unsaturated/α-hetero) is 1. The zero-order valence-electron chi connectivity index (χ0n) is 12.9. The lowest BCUT2D eigenvalue weighted by Gasteiger charge is -2.17. The van der Waals surface area contributed by atoms with Gasteiger partial charge in [0.15, 0.2) is 0 Å². The summed E-state index contributed by atoms with van der Waals surface area (Å²) < 4.78 is 14.7. The molecular formula is C18H15FN2O3. The molecule has 1 unspecified atom stereocenters. The molecule has 0 aromatic heterocycles. The van der Waals surface area contributed by atoms with Crippen LogP contribution in [0.5, 0.6) is 0 Å². The molecule has 2 aliphatic heterocycles. The Kier molecular flexibility index (Phi) is 2.50. The predicted molar refractivity (Wildman–Crippen MR) is 84.2 cm³/mol. The summed E-state index contributed by atoms with van der Waals surface area (Å²) in [5, 5.41) is 3.12. The third-order valence-corrected chi connectivity index (χ3v) is 5.69. The lowest BCUT2D eigenvalue weighted by molar-refractivity contribution is -0.120. The average molecular weight is 326 g/mol. The van der Waals surface area contributed by atoms with Gasteiger partial charge < -0.3 is 5.32 Å². The maximum absolute atomic E-state index is 14.7. The Labute approximate surface area is 137 Å². The van der Waals surface area contributed by atoms with Gasteiger partial charge in [0.1, 0.15) is 11.6 Å². The second kappa shape index (κ2) is 4.32. The highest BCUT2D eigenvalue weighted by atomic mass is 19.1. The quantitative estimate of drug-likeness (QED) is 0.804. The highest BCUT2D eigenvalue weighted by Gasteiger charge is 2.59. The largest absolute Gasteiger partial charge is 0.383 e. The number of nitrogens with zero attached hydrogens (tertiary/aromatic N) is 1. The molecule has 2 heterocycles. The third kappa shape index (κ3) is 1.56. The zero-order chi connectivity index (χ0) is 16.6. The summed E-state index contributed by atoms with van der Waals surface area (Å²) in [6.45, 7) is 0.459. The van der Waals surface area contributed by atoms with E-state index in [9.17, 15) is 18.8 Å². The number of anilines is 2. The van der Waals surface area contributed by atoms with Crippen LogP contribution in [0.25, 0.3) is 0 Å². The second-order valence-electron chi connectivity index (χ2n) is 6.99. The van der Waals surface area contributed by atoms with Gasteiger partial charge in [0.25, 0.3) is 11.8 Å². The van der Waals surface area contributed by atoms with E-state index in [1.165, 1.54) is 12.1 Å². The second-order valence-corrected chi connectivity index (χ2v) is 6.99. The van der Waals surface area contributed by atoms with Gasteiger partial charge in [0, 0.05) is 29.8 Å². The van der Waals surface area contributed by atoms with Crippen molar-refractivity contribution in [1.82, 2.24) is 0 Å². The van der Waals surface area contributed by atoms with Crippen molar-refractivity contribution in [1.29, 1.82) is 0 Å². The highest BCUT2D eigenvalue weighted by Crippen LogP contribution is 2.52. The van der Waals surface area contributed by atoms with Crippen LogP contribution in [0.4, 0.5) is 15.8 Å².